The van der Waals surface area contributed by atoms with Crippen molar-refractivity contribution in [1.82, 2.24) is 10.6 Å². The van der Waals surface area contributed by atoms with Gasteiger partial charge in [-0.25, -0.2) is 10.1 Å². The van der Waals surface area contributed by atoms with Crippen molar-refractivity contribution in [3.63, 3.8) is 0 Å². The molecule has 0 aliphatic rings. The Kier molecular flexibility index (Phi) is 2.94. The molecule has 0 aromatic heterocycles. The molecular formula is C3H5F3N2O2. The number of aliphatic hydroxyl groups excluding tert-OH is 1. The molecule has 0 heterocycles. The molecule has 0 aromatic carbocycles. The highest BCUT2D eigenvalue weighted by Gasteiger charge is 2.29. The van der Waals surface area contributed by atoms with Crippen molar-refractivity contribution in [1.29, 1.82) is 0 Å². The molecule has 0 fully saturated rings. The number of carbonyl (C=O) groups is 1. The van der Waals surface area contributed by atoms with Crippen LogP contribution in [0.5, 0.6) is 0 Å². The van der Waals surface area contributed by atoms with Gasteiger partial charge in [-0.3, -0.25) is 0 Å². The molecule has 0 rings (SSSR count). The van der Waals surface area contributed by atoms with Gasteiger partial charge in [-0.05, 0) is 0 Å². The van der Waals surface area contributed by atoms with Crippen LogP contribution in [0.4, 0.5) is 18.0 Å². The Morgan fingerprint density at radius 3 is 2.30 bits per heavy atom. The predicted molar refractivity (Wildman–Crippen MR) is 24.8 cm³/mol. The maximum Gasteiger partial charge on any atom is 0.485 e. The van der Waals surface area contributed by atoms with Crippen LogP contribution in [0.15, 0.2) is 0 Å². The van der Waals surface area contributed by atoms with Crippen molar-refractivity contribution in [3.8, 4) is 0 Å². The molecule has 0 saturated carbocycles. The van der Waals surface area contributed by atoms with Crippen LogP contribution in [0.25, 0.3) is 0 Å². The van der Waals surface area contributed by atoms with Crippen LogP contribution in [-0.2, 0) is 0 Å². The molecule has 0 radical (unpaired) electrons. The second-order valence-electron chi connectivity index (χ2n) is 1.29. The summed E-state index contributed by atoms with van der Waals surface area (Å²) < 4.78 is 33.5. The lowest BCUT2D eigenvalue weighted by Gasteiger charge is -2.07. The fourth-order valence-electron chi connectivity index (χ4n) is 0.245. The Morgan fingerprint density at radius 1 is 1.50 bits per heavy atom. The maximum absolute atomic E-state index is 11.2. The monoisotopic (exact) mass is 158 g/mol. The first-order chi connectivity index (χ1) is 4.45. The van der Waals surface area contributed by atoms with Crippen LogP contribution in [0.2, 0.25) is 0 Å². The van der Waals surface area contributed by atoms with Gasteiger partial charge < -0.3 is 10.4 Å². The van der Waals surface area contributed by atoms with E-state index < -0.39 is 19.1 Å². The van der Waals surface area contributed by atoms with Crippen LogP contribution in [0, 0.1) is 0 Å². The van der Waals surface area contributed by atoms with Crippen LogP contribution in [0.3, 0.4) is 0 Å². The van der Waals surface area contributed by atoms with E-state index in [1.807, 2.05) is 0 Å². The lowest BCUT2D eigenvalue weighted by molar-refractivity contribution is -0.145. The zero-order valence-electron chi connectivity index (χ0n) is 4.70. The number of hydrogen-bond acceptors (Lipinski definition) is 2. The van der Waals surface area contributed by atoms with Crippen LogP contribution in [-0.4, -0.2) is 24.2 Å². The molecule has 0 aliphatic carbocycles. The van der Waals surface area contributed by atoms with Gasteiger partial charge in [-0.2, -0.15) is 13.2 Å². The number of alkyl halides is 3. The van der Waals surface area contributed by atoms with E-state index in [9.17, 15) is 18.0 Å². The number of urea groups is 1. The van der Waals surface area contributed by atoms with E-state index in [-0.39, 0.29) is 0 Å². The summed E-state index contributed by atoms with van der Waals surface area (Å²) in [5.74, 6) is 0. The third-order valence-electron chi connectivity index (χ3n) is 0.495. The molecule has 0 aliphatic heterocycles. The second-order valence-corrected chi connectivity index (χ2v) is 1.29. The molecule has 2 amide bonds. The van der Waals surface area contributed by atoms with Crippen molar-refractivity contribution >= 4 is 6.03 Å². The number of rotatable bonds is 1. The van der Waals surface area contributed by atoms with E-state index >= 15 is 0 Å². The second kappa shape index (κ2) is 3.25. The summed E-state index contributed by atoms with van der Waals surface area (Å²) in [5.41, 5.74) is 0. The molecule has 0 aromatic rings. The van der Waals surface area contributed by atoms with E-state index in [0.29, 0.717) is 5.32 Å². The van der Waals surface area contributed by atoms with Gasteiger partial charge in [-0.15, -0.1) is 0 Å². The topological polar surface area (TPSA) is 61.4 Å². The van der Waals surface area contributed by atoms with Gasteiger partial charge in [0.05, 0.1) is 0 Å². The first-order valence-electron chi connectivity index (χ1n) is 2.19. The number of carbonyl (C=O) groups excluding carboxylic acids is 1. The minimum absolute atomic E-state index is 0.610. The Morgan fingerprint density at radius 2 is 2.00 bits per heavy atom. The highest BCUT2D eigenvalue weighted by Crippen LogP contribution is 2.08. The minimum atomic E-state index is -4.75. The van der Waals surface area contributed by atoms with Crippen molar-refractivity contribution in [2.75, 3.05) is 6.73 Å². The largest absolute Gasteiger partial charge is 0.485 e. The zero-order chi connectivity index (χ0) is 8.20. The van der Waals surface area contributed by atoms with Crippen molar-refractivity contribution in [3.05, 3.63) is 0 Å². The zero-order valence-corrected chi connectivity index (χ0v) is 4.70. The summed E-state index contributed by atoms with van der Waals surface area (Å²) >= 11 is 0. The Hall–Kier alpha value is -0.980. The fourth-order valence-corrected chi connectivity index (χ4v) is 0.245. The van der Waals surface area contributed by atoms with E-state index in [2.05, 4.69) is 0 Å². The highest BCUT2D eigenvalue weighted by atomic mass is 19.4. The molecule has 0 atom stereocenters. The lowest BCUT2D eigenvalue weighted by atomic mass is 10.9. The number of nitrogens with one attached hydrogen (secondary N) is 2. The number of aliphatic hydroxyl groups is 1. The Labute approximate surface area is 54.0 Å². The van der Waals surface area contributed by atoms with Crippen LogP contribution >= 0.6 is 0 Å². The molecule has 0 spiro atoms. The SMILES string of the molecule is O=C(NCO)NC(F)(F)F. The average molecular weight is 158 g/mol. The summed E-state index contributed by atoms with van der Waals surface area (Å²) in [6, 6.07) is -1.48. The van der Waals surface area contributed by atoms with E-state index in [1.165, 1.54) is 5.32 Å². The normalized spacial score (nSPS) is 10.8. The van der Waals surface area contributed by atoms with Gasteiger partial charge in [-0.1, -0.05) is 0 Å². The summed E-state index contributed by atoms with van der Waals surface area (Å²) in [4.78, 5) is 9.96. The lowest BCUT2D eigenvalue weighted by Crippen LogP contribution is -2.44. The quantitative estimate of drug-likeness (QED) is 0.364. The first-order valence-corrected chi connectivity index (χ1v) is 2.19. The molecule has 7 heteroatoms. The van der Waals surface area contributed by atoms with Gasteiger partial charge in [0.25, 0.3) is 0 Å². The third kappa shape index (κ3) is 5.16. The standard InChI is InChI=1S/C3H5F3N2O2/c4-3(5,6)8-2(10)7-1-9/h9H,1H2,(H2,7,8,10). The van der Waals surface area contributed by atoms with Crippen molar-refractivity contribution in [2.45, 2.75) is 6.30 Å². The summed E-state index contributed by atoms with van der Waals surface area (Å²) in [5, 5.41) is 9.99. The summed E-state index contributed by atoms with van der Waals surface area (Å²) in [7, 11) is 0. The molecule has 0 saturated heterocycles. The van der Waals surface area contributed by atoms with E-state index in [4.69, 9.17) is 5.11 Å². The molecule has 10 heavy (non-hydrogen) atoms. The average Bonchev–Trinajstić information content (AvgIpc) is 1.59. The number of amides is 2. The summed E-state index contributed by atoms with van der Waals surface area (Å²) in [6.45, 7) is -0.831. The molecule has 0 unspecified atom stereocenters. The molecule has 3 N–H and O–H groups in total. The first kappa shape index (κ1) is 9.02. The van der Waals surface area contributed by atoms with Gasteiger partial charge in [0.2, 0.25) is 0 Å². The predicted octanol–water partition coefficient (Wildman–Crippen LogP) is -0.245. The third-order valence-corrected chi connectivity index (χ3v) is 0.495. The minimum Gasteiger partial charge on any atom is -0.376 e. The van der Waals surface area contributed by atoms with Gasteiger partial charge in [0.1, 0.15) is 6.73 Å². The van der Waals surface area contributed by atoms with Crippen LogP contribution < -0.4 is 10.6 Å². The van der Waals surface area contributed by atoms with Crippen molar-refractivity contribution < 1.29 is 23.1 Å². The smallest absolute Gasteiger partial charge is 0.376 e. The highest BCUT2D eigenvalue weighted by molar-refractivity contribution is 5.73. The van der Waals surface area contributed by atoms with Crippen molar-refractivity contribution in [2.24, 2.45) is 0 Å². The van der Waals surface area contributed by atoms with Gasteiger partial charge in [0, 0.05) is 0 Å². The summed E-state index contributed by atoms with van der Waals surface area (Å²) in [6.07, 6.45) is -4.75. The van der Waals surface area contributed by atoms with Gasteiger partial charge in [0.15, 0.2) is 0 Å². The molecule has 0 bridgehead atoms. The van der Waals surface area contributed by atoms with E-state index in [1.54, 1.807) is 0 Å². The molecular weight excluding hydrogens is 153 g/mol. The van der Waals surface area contributed by atoms with Crippen LogP contribution in [0.1, 0.15) is 0 Å². The maximum atomic E-state index is 11.2. The molecule has 4 nitrogen and oxygen atoms in total. The Bertz CT molecular complexity index is 123. The number of hydrogen-bond donors (Lipinski definition) is 3. The molecule has 60 valence electrons. The Balaban J connectivity index is 3.58. The van der Waals surface area contributed by atoms with Gasteiger partial charge >= 0.3 is 12.3 Å². The number of halogens is 3. The van der Waals surface area contributed by atoms with E-state index in [0.717, 1.165) is 0 Å². The fraction of sp³-hybridized carbons (Fsp3) is 0.667.